The fraction of sp³-hybridized carbons (Fsp3) is 0.700. The predicted molar refractivity (Wildman–Crippen MR) is 102 cm³/mol. The van der Waals surface area contributed by atoms with Crippen molar-refractivity contribution in [3.8, 4) is 0 Å². The average molecular weight is 392 g/mol. The van der Waals surface area contributed by atoms with Crippen LogP contribution in [0.15, 0.2) is 29.4 Å². The van der Waals surface area contributed by atoms with Crippen molar-refractivity contribution in [2.45, 2.75) is 56.3 Å². The van der Waals surface area contributed by atoms with E-state index in [2.05, 4.69) is 4.98 Å². The van der Waals surface area contributed by atoms with Crippen molar-refractivity contribution in [2.24, 2.45) is 11.3 Å². The molecule has 0 radical (unpaired) electrons. The van der Waals surface area contributed by atoms with Crippen LogP contribution in [-0.4, -0.2) is 54.7 Å². The van der Waals surface area contributed by atoms with Crippen molar-refractivity contribution in [3.63, 3.8) is 0 Å². The number of aromatic nitrogens is 1. The van der Waals surface area contributed by atoms with Crippen LogP contribution < -0.4 is 0 Å². The van der Waals surface area contributed by atoms with Gasteiger partial charge in [-0.15, -0.1) is 0 Å². The summed E-state index contributed by atoms with van der Waals surface area (Å²) in [7, 11) is -3.58. The lowest BCUT2D eigenvalue weighted by Crippen LogP contribution is -2.51. The van der Waals surface area contributed by atoms with E-state index in [1.54, 1.807) is 18.3 Å². The summed E-state index contributed by atoms with van der Waals surface area (Å²) < 4.78 is 27.3. The monoisotopic (exact) mass is 391 g/mol. The Bertz CT molecular complexity index is 777. The summed E-state index contributed by atoms with van der Waals surface area (Å²) in [6.07, 6.45) is 11.7. The summed E-state index contributed by atoms with van der Waals surface area (Å²) in [5.74, 6) is 0.803. The summed E-state index contributed by atoms with van der Waals surface area (Å²) in [4.78, 5) is 19.5. The third kappa shape index (κ3) is 3.63. The Kier molecular flexibility index (Phi) is 5.25. The van der Waals surface area contributed by atoms with Gasteiger partial charge < -0.3 is 4.90 Å². The number of piperidine rings is 1. The zero-order chi connectivity index (χ0) is 18.9. The highest BCUT2D eigenvalue weighted by Crippen LogP contribution is 2.42. The number of rotatable bonds is 4. The average Bonchev–Trinajstić information content (AvgIpc) is 3.13. The van der Waals surface area contributed by atoms with Crippen molar-refractivity contribution >= 4 is 15.9 Å². The van der Waals surface area contributed by atoms with Gasteiger partial charge >= 0.3 is 0 Å². The van der Waals surface area contributed by atoms with E-state index in [0.29, 0.717) is 25.4 Å². The number of amides is 1. The van der Waals surface area contributed by atoms with Gasteiger partial charge in [-0.25, -0.2) is 8.42 Å². The molecule has 1 saturated carbocycles. The topological polar surface area (TPSA) is 70.6 Å². The normalized spacial score (nSPS) is 28.1. The summed E-state index contributed by atoms with van der Waals surface area (Å²) in [6.45, 7) is 2.41. The van der Waals surface area contributed by atoms with Crippen LogP contribution in [0.2, 0.25) is 0 Å². The molecule has 3 fully saturated rings. The molecule has 1 atom stereocenters. The van der Waals surface area contributed by atoms with Crippen LogP contribution in [0.1, 0.15) is 51.4 Å². The molecular formula is C20H29N3O3S. The smallest absolute Gasteiger partial charge is 0.244 e. The lowest BCUT2D eigenvalue weighted by molar-refractivity contribution is -0.146. The van der Waals surface area contributed by atoms with Gasteiger partial charge in [-0.2, -0.15) is 4.31 Å². The van der Waals surface area contributed by atoms with E-state index in [-0.39, 0.29) is 10.8 Å². The van der Waals surface area contributed by atoms with Gasteiger partial charge in [0.25, 0.3) is 0 Å². The molecule has 1 aromatic heterocycles. The zero-order valence-corrected chi connectivity index (χ0v) is 16.7. The summed E-state index contributed by atoms with van der Waals surface area (Å²) in [5.41, 5.74) is -0.526. The molecule has 3 heterocycles. The van der Waals surface area contributed by atoms with Gasteiger partial charge in [0.2, 0.25) is 15.9 Å². The molecule has 1 amide bonds. The first kappa shape index (κ1) is 18.9. The highest BCUT2D eigenvalue weighted by atomic mass is 32.2. The van der Waals surface area contributed by atoms with Gasteiger partial charge in [-0.05, 0) is 50.2 Å². The van der Waals surface area contributed by atoms with Crippen LogP contribution in [0.25, 0.3) is 0 Å². The molecule has 1 unspecified atom stereocenters. The van der Waals surface area contributed by atoms with Gasteiger partial charge in [-0.3, -0.25) is 9.78 Å². The van der Waals surface area contributed by atoms with E-state index in [9.17, 15) is 13.2 Å². The lowest BCUT2D eigenvalue weighted by Gasteiger charge is -2.41. The Balaban J connectivity index is 1.48. The molecule has 0 N–H and O–H groups in total. The van der Waals surface area contributed by atoms with Crippen LogP contribution in [0.4, 0.5) is 0 Å². The zero-order valence-electron chi connectivity index (χ0n) is 15.8. The molecule has 27 heavy (non-hydrogen) atoms. The van der Waals surface area contributed by atoms with Crippen LogP contribution in [0, 0.1) is 11.3 Å². The van der Waals surface area contributed by atoms with Crippen LogP contribution in [0.3, 0.4) is 0 Å². The Morgan fingerprint density at radius 1 is 1.11 bits per heavy atom. The summed E-state index contributed by atoms with van der Waals surface area (Å²) in [6, 6.07) is 3.21. The Morgan fingerprint density at radius 3 is 2.67 bits per heavy atom. The third-order valence-electron chi connectivity index (χ3n) is 6.62. The van der Waals surface area contributed by atoms with E-state index in [1.165, 1.54) is 42.6 Å². The van der Waals surface area contributed by atoms with E-state index < -0.39 is 15.4 Å². The highest BCUT2D eigenvalue weighted by Gasteiger charge is 2.51. The van der Waals surface area contributed by atoms with Gasteiger partial charge in [0.15, 0.2) is 0 Å². The number of hydrogen-bond donors (Lipinski definition) is 0. The maximum atomic E-state index is 13.3. The minimum Gasteiger partial charge on any atom is -0.342 e. The van der Waals surface area contributed by atoms with Gasteiger partial charge in [-0.1, -0.05) is 19.3 Å². The van der Waals surface area contributed by atoms with Crippen LogP contribution in [0.5, 0.6) is 0 Å². The number of carbonyl (C=O) groups excluding carboxylic acids is 1. The Morgan fingerprint density at radius 2 is 1.93 bits per heavy atom. The molecular weight excluding hydrogens is 362 g/mol. The minimum atomic E-state index is -3.58. The highest BCUT2D eigenvalue weighted by molar-refractivity contribution is 7.89. The molecule has 6 nitrogen and oxygen atoms in total. The molecule has 0 aromatic carbocycles. The first-order chi connectivity index (χ1) is 13.0. The maximum Gasteiger partial charge on any atom is 0.244 e. The fourth-order valence-corrected chi connectivity index (χ4v) is 6.57. The largest absolute Gasteiger partial charge is 0.342 e. The minimum absolute atomic E-state index is 0.184. The molecule has 1 aliphatic carbocycles. The van der Waals surface area contributed by atoms with Crippen LogP contribution in [-0.2, 0) is 14.8 Å². The maximum absolute atomic E-state index is 13.3. The van der Waals surface area contributed by atoms with E-state index in [0.717, 1.165) is 25.9 Å². The van der Waals surface area contributed by atoms with Crippen molar-refractivity contribution in [1.29, 1.82) is 0 Å². The van der Waals surface area contributed by atoms with Gasteiger partial charge in [0.05, 0.1) is 5.41 Å². The van der Waals surface area contributed by atoms with Crippen LogP contribution >= 0.6 is 0 Å². The molecule has 7 heteroatoms. The Labute approximate surface area is 162 Å². The second-order valence-electron chi connectivity index (χ2n) is 8.42. The molecule has 1 spiro atoms. The standard InChI is InChI=1S/C20H29N3O3S/c24-19-20(9-5-12-22(19)15-17-6-2-1-3-7-17)10-13-23(16-20)27(25,26)18-8-4-11-21-14-18/h4,8,11,14,17H,1-3,5-7,9-10,12-13,15-16H2. The lowest BCUT2D eigenvalue weighted by atomic mass is 9.77. The molecule has 4 rings (SSSR count). The first-order valence-electron chi connectivity index (χ1n) is 10.2. The van der Waals surface area contributed by atoms with Crippen molar-refractivity contribution < 1.29 is 13.2 Å². The molecule has 2 saturated heterocycles. The quantitative estimate of drug-likeness (QED) is 0.791. The fourth-order valence-electron chi connectivity index (χ4n) is 5.07. The molecule has 3 aliphatic rings. The van der Waals surface area contributed by atoms with Gasteiger partial charge in [0, 0.05) is 38.6 Å². The summed E-state index contributed by atoms with van der Waals surface area (Å²) >= 11 is 0. The third-order valence-corrected chi connectivity index (χ3v) is 8.45. The second kappa shape index (κ2) is 7.51. The second-order valence-corrected chi connectivity index (χ2v) is 10.4. The number of sulfonamides is 1. The number of carbonyl (C=O) groups is 1. The molecule has 1 aromatic rings. The predicted octanol–water partition coefficient (Wildman–Crippen LogP) is 2.67. The van der Waals surface area contributed by atoms with Crippen molar-refractivity contribution in [1.82, 2.24) is 14.2 Å². The first-order valence-corrected chi connectivity index (χ1v) is 11.6. The molecule has 0 bridgehead atoms. The molecule has 2 aliphatic heterocycles. The Hall–Kier alpha value is -1.47. The SMILES string of the molecule is O=C1N(CC2CCCCC2)CCCC12CCN(S(=O)(=O)c1cccnc1)C2. The summed E-state index contributed by atoms with van der Waals surface area (Å²) in [5, 5.41) is 0. The molecule has 148 valence electrons. The number of nitrogens with zero attached hydrogens (tertiary/aromatic N) is 3. The number of pyridine rings is 1. The van der Waals surface area contributed by atoms with Gasteiger partial charge in [0.1, 0.15) is 4.90 Å². The number of hydrogen-bond acceptors (Lipinski definition) is 4. The van der Waals surface area contributed by atoms with Crippen molar-refractivity contribution in [2.75, 3.05) is 26.2 Å². The van der Waals surface area contributed by atoms with E-state index >= 15 is 0 Å². The number of likely N-dealkylation sites (tertiary alicyclic amines) is 1. The van der Waals surface area contributed by atoms with Crippen molar-refractivity contribution in [3.05, 3.63) is 24.5 Å². The van der Waals surface area contributed by atoms with E-state index in [4.69, 9.17) is 0 Å². The van der Waals surface area contributed by atoms with E-state index in [1.807, 2.05) is 4.90 Å².